The quantitative estimate of drug-likeness (QED) is 0.659. The molecule has 5 nitrogen and oxygen atoms in total. The molecule has 21 heavy (non-hydrogen) atoms. The van der Waals surface area contributed by atoms with Crippen LogP contribution in [0.1, 0.15) is 27.7 Å². The van der Waals surface area contributed by atoms with E-state index >= 15 is 0 Å². The molecule has 124 valence electrons. The summed E-state index contributed by atoms with van der Waals surface area (Å²) in [7, 11) is 5.33. The lowest BCUT2D eigenvalue weighted by Crippen LogP contribution is -2.56. The molecule has 0 saturated heterocycles. The van der Waals surface area contributed by atoms with Crippen LogP contribution in [0.25, 0.3) is 0 Å². The van der Waals surface area contributed by atoms with E-state index in [1.807, 2.05) is 39.6 Å². The Morgan fingerprint density at radius 1 is 1.05 bits per heavy atom. The van der Waals surface area contributed by atoms with Gasteiger partial charge in [-0.15, -0.1) is 0 Å². The topological polar surface area (TPSA) is 52.7 Å². The van der Waals surface area contributed by atoms with E-state index in [0.717, 1.165) is 6.54 Å². The molecular formula is C15H31N3O2S. The zero-order valence-electron chi connectivity index (χ0n) is 14.4. The van der Waals surface area contributed by atoms with Crippen LogP contribution in [0.5, 0.6) is 0 Å². The number of rotatable bonds is 8. The van der Waals surface area contributed by atoms with E-state index < -0.39 is 6.04 Å². The second kappa shape index (κ2) is 9.30. The minimum atomic E-state index is -0.488. The summed E-state index contributed by atoms with van der Waals surface area (Å²) in [6, 6.07) is -0.744. The average molecular weight is 317 g/mol. The lowest BCUT2D eigenvalue weighted by atomic mass is 9.98. The fourth-order valence-corrected chi connectivity index (χ4v) is 2.65. The van der Waals surface area contributed by atoms with Gasteiger partial charge in [-0.3, -0.25) is 14.5 Å². The van der Waals surface area contributed by atoms with Crippen LogP contribution >= 0.6 is 12.6 Å². The molecule has 0 aliphatic rings. The molecule has 0 radical (unpaired) electrons. The van der Waals surface area contributed by atoms with Crippen molar-refractivity contribution >= 4 is 24.4 Å². The second-order valence-corrected chi connectivity index (χ2v) is 6.80. The van der Waals surface area contributed by atoms with Crippen molar-refractivity contribution in [3.05, 3.63) is 0 Å². The molecule has 0 aliphatic carbocycles. The van der Waals surface area contributed by atoms with E-state index in [0.29, 0.717) is 5.75 Å². The van der Waals surface area contributed by atoms with E-state index in [2.05, 4.69) is 17.9 Å². The summed E-state index contributed by atoms with van der Waals surface area (Å²) < 4.78 is 0. The summed E-state index contributed by atoms with van der Waals surface area (Å²) in [5.41, 5.74) is 0. The number of nitrogens with one attached hydrogen (secondary N) is 1. The fourth-order valence-electron chi connectivity index (χ4n) is 2.34. The molecule has 0 rings (SSSR count). The Bertz CT molecular complexity index is 346. The number of hydrogen-bond donors (Lipinski definition) is 2. The van der Waals surface area contributed by atoms with Crippen molar-refractivity contribution in [3.8, 4) is 0 Å². The van der Waals surface area contributed by atoms with Crippen LogP contribution in [0.4, 0.5) is 0 Å². The molecule has 0 aromatic heterocycles. The van der Waals surface area contributed by atoms with Crippen LogP contribution in [0.3, 0.4) is 0 Å². The molecule has 0 bridgehead atoms. The fraction of sp³-hybridized carbons (Fsp3) is 0.867. The number of carbonyl (C=O) groups excluding carboxylic acids is 2. The monoisotopic (exact) mass is 317 g/mol. The van der Waals surface area contributed by atoms with Crippen LogP contribution in [0, 0.1) is 11.8 Å². The third-order valence-corrected chi connectivity index (χ3v) is 3.70. The van der Waals surface area contributed by atoms with E-state index in [9.17, 15) is 9.59 Å². The third-order valence-electron chi connectivity index (χ3n) is 3.50. The van der Waals surface area contributed by atoms with E-state index in [1.54, 1.807) is 14.1 Å². The maximum absolute atomic E-state index is 12.6. The highest BCUT2D eigenvalue weighted by molar-refractivity contribution is 7.80. The first-order chi connectivity index (χ1) is 9.63. The first-order valence-electron chi connectivity index (χ1n) is 7.46. The van der Waals surface area contributed by atoms with Gasteiger partial charge in [0.05, 0.1) is 6.04 Å². The molecule has 6 heteroatoms. The Morgan fingerprint density at radius 2 is 1.57 bits per heavy atom. The standard InChI is InChI=1S/C15H31N3O2S/c1-10(2)12(15(20)17(5)6)16-14(19)13(11(3)4)18(7)8-9-21/h10-13,21H,8-9H2,1-7H3,(H,16,19)/t12-,13?/m0/s1. The van der Waals surface area contributed by atoms with E-state index in [1.165, 1.54) is 4.90 Å². The Kier molecular flexibility index (Phi) is 8.97. The average Bonchev–Trinajstić information content (AvgIpc) is 2.34. The maximum atomic E-state index is 12.6. The van der Waals surface area contributed by atoms with Crippen molar-refractivity contribution in [3.63, 3.8) is 0 Å². The number of hydrogen-bond acceptors (Lipinski definition) is 4. The van der Waals surface area contributed by atoms with E-state index in [-0.39, 0.29) is 29.7 Å². The minimum Gasteiger partial charge on any atom is -0.347 e. The van der Waals surface area contributed by atoms with Gasteiger partial charge in [0.15, 0.2) is 0 Å². The van der Waals surface area contributed by atoms with Gasteiger partial charge in [0.1, 0.15) is 6.04 Å². The van der Waals surface area contributed by atoms with Gasteiger partial charge >= 0.3 is 0 Å². The van der Waals surface area contributed by atoms with Crippen LogP contribution in [0.2, 0.25) is 0 Å². The van der Waals surface area contributed by atoms with Crippen molar-refractivity contribution in [1.29, 1.82) is 0 Å². The highest BCUT2D eigenvalue weighted by Crippen LogP contribution is 2.12. The Labute approximate surface area is 134 Å². The highest BCUT2D eigenvalue weighted by Gasteiger charge is 2.31. The Morgan fingerprint density at radius 3 is 1.90 bits per heavy atom. The molecule has 1 unspecified atom stereocenters. The summed E-state index contributed by atoms with van der Waals surface area (Å²) in [5.74, 6) is 0.738. The molecule has 1 N–H and O–H groups in total. The number of thiol groups is 1. The predicted octanol–water partition coefficient (Wildman–Crippen LogP) is 1.10. The summed E-state index contributed by atoms with van der Waals surface area (Å²) in [4.78, 5) is 28.3. The van der Waals surface area contributed by atoms with Gasteiger partial charge in [0.2, 0.25) is 11.8 Å². The smallest absolute Gasteiger partial charge is 0.244 e. The Hall–Kier alpha value is -0.750. The van der Waals surface area contributed by atoms with Crippen molar-refractivity contribution in [2.75, 3.05) is 33.4 Å². The number of nitrogens with zero attached hydrogens (tertiary/aromatic N) is 2. The molecule has 2 atom stereocenters. The van der Waals surface area contributed by atoms with Crippen molar-refractivity contribution in [2.24, 2.45) is 11.8 Å². The summed E-state index contributed by atoms with van der Waals surface area (Å²) in [6.45, 7) is 8.63. The van der Waals surface area contributed by atoms with Gasteiger partial charge in [-0.2, -0.15) is 12.6 Å². The summed E-state index contributed by atoms with van der Waals surface area (Å²) in [5, 5.41) is 2.92. The SMILES string of the molecule is CC(C)C(C(=O)N[C@H](C(=O)N(C)C)C(C)C)N(C)CCS. The molecule has 0 aliphatic heterocycles. The molecule has 0 heterocycles. The molecule has 0 aromatic carbocycles. The lowest BCUT2D eigenvalue weighted by Gasteiger charge is -2.32. The molecule has 0 spiro atoms. The van der Waals surface area contributed by atoms with Crippen LogP contribution in [-0.4, -0.2) is 67.1 Å². The maximum Gasteiger partial charge on any atom is 0.244 e. The summed E-state index contributed by atoms with van der Waals surface area (Å²) >= 11 is 4.22. The van der Waals surface area contributed by atoms with Crippen molar-refractivity contribution in [1.82, 2.24) is 15.1 Å². The summed E-state index contributed by atoms with van der Waals surface area (Å²) in [6.07, 6.45) is 0. The molecule has 0 fully saturated rings. The minimum absolute atomic E-state index is 0.0480. The first kappa shape index (κ1) is 20.2. The lowest BCUT2D eigenvalue weighted by molar-refractivity contribution is -0.137. The van der Waals surface area contributed by atoms with Gasteiger partial charge in [0, 0.05) is 26.4 Å². The largest absolute Gasteiger partial charge is 0.347 e. The zero-order chi connectivity index (χ0) is 16.7. The molecule has 0 aromatic rings. The van der Waals surface area contributed by atoms with Gasteiger partial charge in [0.25, 0.3) is 0 Å². The van der Waals surface area contributed by atoms with Crippen LogP contribution in [0.15, 0.2) is 0 Å². The predicted molar refractivity (Wildman–Crippen MR) is 90.6 cm³/mol. The van der Waals surface area contributed by atoms with Crippen molar-refractivity contribution < 1.29 is 9.59 Å². The molecular weight excluding hydrogens is 286 g/mol. The third kappa shape index (κ3) is 6.26. The number of amides is 2. The molecule has 0 saturated carbocycles. The van der Waals surface area contributed by atoms with Crippen LogP contribution < -0.4 is 5.32 Å². The van der Waals surface area contributed by atoms with Gasteiger partial charge in [-0.25, -0.2) is 0 Å². The first-order valence-corrected chi connectivity index (χ1v) is 8.09. The van der Waals surface area contributed by atoms with Crippen molar-refractivity contribution in [2.45, 2.75) is 39.8 Å². The van der Waals surface area contributed by atoms with Gasteiger partial charge in [-0.05, 0) is 18.9 Å². The van der Waals surface area contributed by atoms with E-state index in [4.69, 9.17) is 0 Å². The Balaban J connectivity index is 5.05. The normalized spacial score (nSPS) is 14.4. The van der Waals surface area contributed by atoms with Gasteiger partial charge < -0.3 is 10.2 Å². The number of carbonyl (C=O) groups is 2. The second-order valence-electron chi connectivity index (χ2n) is 6.36. The number of likely N-dealkylation sites (N-methyl/N-ethyl adjacent to an activating group) is 2. The highest BCUT2D eigenvalue weighted by atomic mass is 32.1. The van der Waals surface area contributed by atoms with Gasteiger partial charge in [-0.1, -0.05) is 27.7 Å². The zero-order valence-corrected chi connectivity index (χ0v) is 15.3. The molecule has 2 amide bonds. The van der Waals surface area contributed by atoms with Crippen LogP contribution in [-0.2, 0) is 9.59 Å².